The van der Waals surface area contributed by atoms with Gasteiger partial charge in [0.1, 0.15) is 5.60 Å². The number of anilines is 1. The quantitative estimate of drug-likeness (QED) is 0.354. The molecule has 0 spiro atoms. The molecule has 1 amide bonds. The second-order valence-corrected chi connectivity index (χ2v) is 7.55. The molecule has 0 saturated carbocycles. The standard InChI is InChI=1S/C20H35N3O4/c1-20(2,3)27-19(26)23-11-5-4-6-16-7-9-17(10-8-16)22-13-12-21-14-18(25)15-24/h7-10,18,21-22,24-25H,4-6,11-15H2,1-3H3,(H,23,26)/t18-/m1/s1. The van der Waals surface area contributed by atoms with Gasteiger partial charge in [0.25, 0.3) is 0 Å². The van der Waals surface area contributed by atoms with Gasteiger partial charge in [-0.1, -0.05) is 12.1 Å². The highest BCUT2D eigenvalue weighted by atomic mass is 16.6. The number of aliphatic hydroxyl groups excluding tert-OH is 2. The zero-order valence-corrected chi connectivity index (χ0v) is 16.8. The van der Waals surface area contributed by atoms with E-state index in [1.54, 1.807) is 0 Å². The number of aliphatic hydroxyl groups is 2. The highest BCUT2D eigenvalue weighted by molar-refractivity contribution is 5.67. The van der Waals surface area contributed by atoms with Gasteiger partial charge in [0.15, 0.2) is 0 Å². The Morgan fingerprint density at radius 3 is 2.44 bits per heavy atom. The number of aryl methyl sites for hydroxylation is 1. The van der Waals surface area contributed by atoms with Crippen molar-refractivity contribution in [3.05, 3.63) is 29.8 Å². The van der Waals surface area contributed by atoms with Crippen LogP contribution in [0, 0.1) is 0 Å². The minimum Gasteiger partial charge on any atom is -0.444 e. The lowest BCUT2D eigenvalue weighted by Crippen LogP contribution is -2.33. The Kier molecular flexibility index (Phi) is 10.8. The van der Waals surface area contributed by atoms with E-state index in [1.165, 1.54) is 5.56 Å². The molecule has 0 bridgehead atoms. The number of unbranched alkanes of at least 4 members (excludes halogenated alkanes) is 1. The van der Waals surface area contributed by atoms with Crippen LogP contribution < -0.4 is 16.0 Å². The third-order valence-corrected chi connectivity index (χ3v) is 3.74. The van der Waals surface area contributed by atoms with E-state index in [4.69, 9.17) is 9.84 Å². The summed E-state index contributed by atoms with van der Waals surface area (Å²) in [5.74, 6) is 0. The van der Waals surface area contributed by atoms with Crippen molar-refractivity contribution in [2.24, 2.45) is 0 Å². The summed E-state index contributed by atoms with van der Waals surface area (Å²) in [6.07, 6.45) is 1.81. The first-order valence-corrected chi connectivity index (χ1v) is 9.59. The van der Waals surface area contributed by atoms with Crippen molar-refractivity contribution in [1.29, 1.82) is 0 Å². The normalized spacial score (nSPS) is 12.5. The van der Waals surface area contributed by atoms with Crippen LogP contribution in [-0.2, 0) is 11.2 Å². The first kappa shape index (κ1) is 23.2. The number of ether oxygens (including phenoxy) is 1. The molecule has 5 N–H and O–H groups in total. The van der Waals surface area contributed by atoms with Crippen LogP contribution in [0.3, 0.4) is 0 Å². The Labute approximate surface area is 162 Å². The van der Waals surface area contributed by atoms with Crippen LogP contribution in [-0.4, -0.2) is 60.8 Å². The molecular weight excluding hydrogens is 346 g/mol. The lowest BCUT2D eigenvalue weighted by Gasteiger charge is -2.19. The third-order valence-electron chi connectivity index (χ3n) is 3.74. The maximum atomic E-state index is 11.5. The Morgan fingerprint density at radius 2 is 1.81 bits per heavy atom. The highest BCUT2D eigenvalue weighted by Crippen LogP contribution is 2.11. The zero-order chi connectivity index (χ0) is 20.1. The lowest BCUT2D eigenvalue weighted by atomic mass is 10.1. The Hall–Kier alpha value is -1.83. The van der Waals surface area contributed by atoms with Gasteiger partial charge in [-0.15, -0.1) is 0 Å². The fraction of sp³-hybridized carbons (Fsp3) is 0.650. The fourth-order valence-electron chi connectivity index (χ4n) is 2.38. The van der Waals surface area contributed by atoms with Crippen LogP contribution in [0.25, 0.3) is 0 Å². The average Bonchev–Trinajstić information content (AvgIpc) is 2.60. The van der Waals surface area contributed by atoms with Gasteiger partial charge in [-0.3, -0.25) is 0 Å². The largest absolute Gasteiger partial charge is 0.444 e. The summed E-state index contributed by atoms with van der Waals surface area (Å²) in [7, 11) is 0. The third kappa shape index (κ3) is 12.2. The van der Waals surface area contributed by atoms with Crippen molar-refractivity contribution in [3.63, 3.8) is 0 Å². The van der Waals surface area contributed by atoms with E-state index in [9.17, 15) is 9.90 Å². The molecule has 0 radical (unpaired) electrons. The molecule has 0 saturated heterocycles. The number of hydrogen-bond donors (Lipinski definition) is 5. The molecule has 1 aromatic rings. The number of carbonyl (C=O) groups excluding carboxylic acids is 1. The van der Waals surface area contributed by atoms with Crippen molar-refractivity contribution in [2.75, 3.05) is 38.1 Å². The van der Waals surface area contributed by atoms with Crippen LogP contribution in [0.4, 0.5) is 10.5 Å². The summed E-state index contributed by atoms with van der Waals surface area (Å²) in [6.45, 7) is 7.79. The van der Waals surface area contributed by atoms with Gasteiger partial charge in [0.05, 0.1) is 12.7 Å². The number of nitrogens with one attached hydrogen (secondary N) is 3. The summed E-state index contributed by atoms with van der Waals surface area (Å²) in [6, 6.07) is 8.31. The first-order valence-electron chi connectivity index (χ1n) is 9.59. The molecule has 1 aromatic carbocycles. The number of hydrogen-bond acceptors (Lipinski definition) is 6. The molecule has 1 atom stereocenters. The number of rotatable bonds is 12. The van der Waals surface area contributed by atoms with E-state index in [0.717, 1.165) is 31.5 Å². The molecule has 0 fully saturated rings. The van der Waals surface area contributed by atoms with Gasteiger partial charge in [0.2, 0.25) is 0 Å². The Balaban J connectivity index is 2.11. The predicted molar refractivity (Wildman–Crippen MR) is 108 cm³/mol. The second kappa shape index (κ2) is 12.5. The van der Waals surface area contributed by atoms with Gasteiger partial charge in [-0.2, -0.15) is 0 Å². The summed E-state index contributed by atoms with van der Waals surface area (Å²) in [5.41, 5.74) is 1.85. The summed E-state index contributed by atoms with van der Waals surface area (Å²) >= 11 is 0. The maximum absolute atomic E-state index is 11.5. The Bertz CT molecular complexity index is 529. The molecule has 27 heavy (non-hydrogen) atoms. The van der Waals surface area contributed by atoms with E-state index in [-0.39, 0.29) is 12.7 Å². The van der Waals surface area contributed by atoms with Crippen molar-refractivity contribution < 1.29 is 19.7 Å². The lowest BCUT2D eigenvalue weighted by molar-refractivity contribution is 0.0527. The van der Waals surface area contributed by atoms with Crippen molar-refractivity contribution >= 4 is 11.8 Å². The predicted octanol–water partition coefficient (Wildman–Crippen LogP) is 1.89. The second-order valence-electron chi connectivity index (χ2n) is 7.55. The molecule has 0 aliphatic carbocycles. The maximum Gasteiger partial charge on any atom is 0.407 e. The van der Waals surface area contributed by atoms with Crippen LogP contribution in [0.1, 0.15) is 39.2 Å². The number of alkyl carbamates (subject to hydrolysis) is 1. The summed E-state index contributed by atoms with van der Waals surface area (Å²) in [5, 5.41) is 27.1. The van der Waals surface area contributed by atoms with E-state index < -0.39 is 11.7 Å². The molecule has 1 rings (SSSR count). The van der Waals surface area contributed by atoms with Gasteiger partial charge in [-0.25, -0.2) is 4.79 Å². The topological polar surface area (TPSA) is 103 Å². The Morgan fingerprint density at radius 1 is 1.11 bits per heavy atom. The molecule has 0 aliphatic heterocycles. The molecule has 0 aliphatic rings. The van der Waals surface area contributed by atoms with Crippen molar-refractivity contribution in [2.45, 2.75) is 51.7 Å². The summed E-state index contributed by atoms with van der Waals surface area (Å²) in [4.78, 5) is 11.5. The monoisotopic (exact) mass is 381 g/mol. The smallest absolute Gasteiger partial charge is 0.407 e. The van der Waals surface area contributed by atoms with Gasteiger partial charge in [0, 0.05) is 31.9 Å². The number of amides is 1. The van der Waals surface area contributed by atoms with Crippen LogP contribution in [0.5, 0.6) is 0 Å². The van der Waals surface area contributed by atoms with Gasteiger partial charge < -0.3 is 30.9 Å². The molecule has 0 heterocycles. The van der Waals surface area contributed by atoms with Gasteiger partial charge >= 0.3 is 6.09 Å². The molecule has 7 heteroatoms. The SMILES string of the molecule is CC(C)(C)OC(=O)NCCCCc1ccc(NCCNC[C@@H](O)CO)cc1. The van der Waals surface area contributed by atoms with Gasteiger partial charge in [-0.05, 0) is 57.7 Å². The highest BCUT2D eigenvalue weighted by Gasteiger charge is 2.15. The molecule has 0 aromatic heterocycles. The minimum absolute atomic E-state index is 0.223. The molecule has 7 nitrogen and oxygen atoms in total. The van der Waals surface area contributed by atoms with E-state index in [0.29, 0.717) is 19.6 Å². The molecular formula is C20H35N3O4. The molecule has 0 unspecified atom stereocenters. The van der Waals surface area contributed by atoms with E-state index >= 15 is 0 Å². The van der Waals surface area contributed by atoms with Crippen molar-refractivity contribution in [1.82, 2.24) is 10.6 Å². The van der Waals surface area contributed by atoms with E-state index in [1.807, 2.05) is 20.8 Å². The van der Waals surface area contributed by atoms with Crippen LogP contribution in [0.15, 0.2) is 24.3 Å². The zero-order valence-electron chi connectivity index (χ0n) is 16.8. The average molecular weight is 382 g/mol. The summed E-state index contributed by atoms with van der Waals surface area (Å²) < 4.78 is 5.20. The first-order chi connectivity index (χ1) is 12.8. The van der Waals surface area contributed by atoms with Crippen LogP contribution in [0.2, 0.25) is 0 Å². The number of carbonyl (C=O) groups is 1. The molecule has 154 valence electrons. The fourth-order valence-corrected chi connectivity index (χ4v) is 2.38. The van der Waals surface area contributed by atoms with Crippen LogP contribution >= 0.6 is 0 Å². The van der Waals surface area contributed by atoms with Crippen molar-refractivity contribution in [3.8, 4) is 0 Å². The van der Waals surface area contributed by atoms with E-state index in [2.05, 4.69) is 40.2 Å². The minimum atomic E-state index is -0.705. The number of benzene rings is 1.